The van der Waals surface area contributed by atoms with Crippen molar-refractivity contribution in [3.8, 4) is 0 Å². The second-order valence-corrected chi connectivity index (χ2v) is 2.92. The maximum atomic E-state index is 13.0. The molecular formula is C10H15FN2. The van der Waals surface area contributed by atoms with Gasteiger partial charge in [-0.2, -0.15) is 0 Å². The molecule has 0 atom stereocenters. The standard InChI is InChI=1S/C10H15FN2/c1-2-12-6-3-4-9-5-7-13-8-10(9)11/h5,7-8,12H,2-4,6H2,1H3. The molecule has 0 spiro atoms. The monoisotopic (exact) mass is 182 g/mol. The highest BCUT2D eigenvalue weighted by atomic mass is 19.1. The molecule has 1 aromatic rings. The maximum Gasteiger partial charge on any atom is 0.144 e. The third kappa shape index (κ3) is 3.51. The van der Waals surface area contributed by atoms with E-state index in [2.05, 4.69) is 17.2 Å². The molecule has 0 saturated heterocycles. The predicted octanol–water partition coefficient (Wildman–Crippen LogP) is 1.76. The Hall–Kier alpha value is -0.960. The maximum absolute atomic E-state index is 13.0. The summed E-state index contributed by atoms with van der Waals surface area (Å²) in [5, 5.41) is 3.20. The summed E-state index contributed by atoms with van der Waals surface area (Å²) < 4.78 is 13.0. The van der Waals surface area contributed by atoms with E-state index >= 15 is 0 Å². The smallest absolute Gasteiger partial charge is 0.144 e. The molecule has 0 unspecified atom stereocenters. The SMILES string of the molecule is CCNCCCc1ccncc1F. The minimum Gasteiger partial charge on any atom is -0.317 e. The van der Waals surface area contributed by atoms with E-state index in [-0.39, 0.29) is 5.82 Å². The Morgan fingerprint density at radius 3 is 3.08 bits per heavy atom. The number of hydrogen-bond donors (Lipinski definition) is 1. The van der Waals surface area contributed by atoms with Crippen molar-refractivity contribution in [2.24, 2.45) is 0 Å². The van der Waals surface area contributed by atoms with E-state index in [4.69, 9.17) is 0 Å². The molecule has 13 heavy (non-hydrogen) atoms. The highest BCUT2D eigenvalue weighted by molar-refractivity contribution is 5.12. The third-order valence-electron chi connectivity index (χ3n) is 1.91. The van der Waals surface area contributed by atoms with Crippen molar-refractivity contribution >= 4 is 0 Å². The molecule has 1 aromatic heterocycles. The summed E-state index contributed by atoms with van der Waals surface area (Å²) in [6.07, 6.45) is 4.64. The number of nitrogens with zero attached hydrogens (tertiary/aromatic N) is 1. The predicted molar refractivity (Wildman–Crippen MR) is 51.1 cm³/mol. The molecule has 1 heterocycles. The van der Waals surface area contributed by atoms with Crippen LogP contribution in [0.3, 0.4) is 0 Å². The van der Waals surface area contributed by atoms with Gasteiger partial charge in [-0.15, -0.1) is 0 Å². The molecule has 72 valence electrons. The summed E-state index contributed by atoms with van der Waals surface area (Å²) in [5.41, 5.74) is 0.757. The Balaban J connectivity index is 2.32. The van der Waals surface area contributed by atoms with E-state index in [1.807, 2.05) is 0 Å². The Kier molecular flexibility index (Phi) is 4.40. The van der Waals surface area contributed by atoms with Gasteiger partial charge in [0.05, 0.1) is 6.20 Å². The highest BCUT2D eigenvalue weighted by Crippen LogP contribution is 2.06. The summed E-state index contributed by atoms with van der Waals surface area (Å²) in [6.45, 7) is 3.98. The number of hydrogen-bond acceptors (Lipinski definition) is 2. The van der Waals surface area contributed by atoms with Gasteiger partial charge in [0.25, 0.3) is 0 Å². The van der Waals surface area contributed by atoms with Crippen molar-refractivity contribution in [3.05, 3.63) is 29.8 Å². The van der Waals surface area contributed by atoms with Gasteiger partial charge in [0.15, 0.2) is 0 Å². The van der Waals surface area contributed by atoms with Gasteiger partial charge in [-0.1, -0.05) is 6.92 Å². The van der Waals surface area contributed by atoms with Crippen LogP contribution in [0.2, 0.25) is 0 Å². The number of aryl methyl sites for hydroxylation is 1. The van der Waals surface area contributed by atoms with Crippen LogP contribution >= 0.6 is 0 Å². The van der Waals surface area contributed by atoms with Crippen LogP contribution in [0.25, 0.3) is 0 Å². The molecule has 0 aliphatic rings. The summed E-state index contributed by atoms with van der Waals surface area (Å²) in [7, 11) is 0. The fourth-order valence-electron chi connectivity index (χ4n) is 1.19. The molecule has 0 radical (unpaired) electrons. The number of aromatic nitrogens is 1. The van der Waals surface area contributed by atoms with Gasteiger partial charge in [-0.25, -0.2) is 4.39 Å². The fraction of sp³-hybridized carbons (Fsp3) is 0.500. The zero-order valence-electron chi connectivity index (χ0n) is 7.89. The van der Waals surface area contributed by atoms with Crippen LogP contribution in [0, 0.1) is 5.82 Å². The summed E-state index contributed by atoms with van der Waals surface area (Å²) in [6, 6.07) is 1.74. The van der Waals surface area contributed by atoms with Crippen LogP contribution in [0.1, 0.15) is 18.9 Å². The van der Waals surface area contributed by atoms with Gasteiger partial charge in [0.2, 0.25) is 0 Å². The van der Waals surface area contributed by atoms with Crippen LogP contribution in [0.5, 0.6) is 0 Å². The topological polar surface area (TPSA) is 24.9 Å². The van der Waals surface area contributed by atoms with Gasteiger partial charge in [0.1, 0.15) is 5.82 Å². The lowest BCUT2D eigenvalue weighted by Gasteiger charge is -2.02. The van der Waals surface area contributed by atoms with Crippen molar-refractivity contribution < 1.29 is 4.39 Å². The first-order valence-corrected chi connectivity index (χ1v) is 4.63. The van der Waals surface area contributed by atoms with E-state index in [0.717, 1.165) is 31.5 Å². The fourth-order valence-corrected chi connectivity index (χ4v) is 1.19. The first kappa shape index (κ1) is 10.1. The van der Waals surface area contributed by atoms with Crippen molar-refractivity contribution in [2.75, 3.05) is 13.1 Å². The largest absolute Gasteiger partial charge is 0.317 e. The van der Waals surface area contributed by atoms with Crippen LogP contribution in [-0.4, -0.2) is 18.1 Å². The zero-order valence-corrected chi connectivity index (χ0v) is 7.89. The van der Waals surface area contributed by atoms with Gasteiger partial charge in [0, 0.05) is 6.20 Å². The molecule has 0 saturated carbocycles. The number of nitrogens with one attached hydrogen (secondary N) is 1. The molecule has 0 bridgehead atoms. The van der Waals surface area contributed by atoms with E-state index in [1.165, 1.54) is 6.20 Å². The summed E-state index contributed by atoms with van der Waals surface area (Å²) >= 11 is 0. The quantitative estimate of drug-likeness (QED) is 0.702. The Morgan fingerprint density at radius 2 is 2.38 bits per heavy atom. The van der Waals surface area contributed by atoms with E-state index < -0.39 is 0 Å². The number of pyridine rings is 1. The highest BCUT2D eigenvalue weighted by Gasteiger charge is 1.99. The first-order valence-electron chi connectivity index (χ1n) is 4.63. The van der Waals surface area contributed by atoms with E-state index in [9.17, 15) is 4.39 Å². The van der Waals surface area contributed by atoms with Crippen molar-refractivity contribution in [1.29, 1.82) is 0 Å². The lowest BCUT2D eigenvalue weighted by atomic mass is 10.1. The molecule has 0 amide bonds. The van der Waals surface area contributed by atoms with Crippen molar-refractivity contribution in [2.45, 2.75) is 19.8 Å². The lowest BCUT2D eigenvalue weighted by Crippen LogP contribution is -2.14. The molecular weight excluding hydrogens is 167 g/mol. The second-order valence-electron chi connectivity index (χ2n) is 2.92. The molecule has 3 heteroatoms. The molecule has 0 aliphatic carbocycles. The Labute approximate surface area is 78.2 Å². The van der Waals surface area contributed by atoms with Crippen LogP contribution in [0.15, 0.2) is 18.5 Å². The van der Waals surface area contributed by atoms with Gasteiger partial charge >= 0.3 is 0 Å². The van der Waals surface area contributed by atoms with Gasteiger partial charge in [-0.3, -0.25) is 4.98 Å². The van der Waals surface area contributed by atoms with Crippen molar-refractivity contribution in [1.82, 2.24) is 10.3 Å². The third-order valence-corrected chi connectivity index (χ3v) is 1.91. The van der Waals surface area contributed by atoms with Crippen molar-refractivity contribution in [3.63, 3.8) is 0 Å². The number of halogens is 1. The van der Waals surface area contributed by atoms with Crippen LogP contribution in [-0.2, 0) is 6.42 Å². The molecule has 0 aliphatic heterocycles. The normalized spacial score (nSPS) is 10.3. The summed E-state index contributed by atoms with van der Waals surface area (Å²) in [4.78, 5) is 3.70. The Morgan fingerprint density at radius 1 is 1.54 bits per heavy atom. The second kappa shape index (κ2) is 5.65. The molecule has 1 N–H and O–H groups in total. The molecule has 2 nitrogen and oxygen atoms in total. The van der Waals surface area contributed by atoms with Gasteiger partial charge < -0.3 is 5.32 Å². The average Bonchev–Trinajstić information content (AvgIpc) is 2.15. The Bertz CT molecular complexity index is 250. The summed E-state index contributed by atoms with van der Waals surface area (Å²) in [5.74, 6) is -0.195. The molecule has 0 fully saturated rings. The zero-order chi connectivity index (χ0) is 9.52. The minimum absolute atomic E-state index is 0.195. The van der Waals surface area contributed by atoms with Gasteiger partial charge in [-0.05, 0) is 37.6 Å². The van der Waals surface area contributed by atoms with E-state index in [1.54, 1.807) is 12.3 Å². The minimum atomic E-state index is -0.195. The molecule has 1 rings (SSSR count). The lowest BCUT2D eigenvalue weighted by molar-refractivity contribution is 0.591. The van der Waals surface area contributed by atoms with Crippen LogP contribution < -0.4 is 5.32 Å². The first-order chi connectivity index (χ1) is 6.34. The van der Waals surface area contributed by atoms with E-state index in [0.29, 0.717) is 0 Å². The number of rotatable bonds is 5. The average molecular weight is 182 g/mol. The molecule has 0 aromatic carbocycles. The van der Waals surface area contributed by atoms with Crippen LogP contribution in [0.4, 0.5) is 4.39 Å².